The van der Waals surface area contributed by atoms with Gasteiger partial charge in [-0.3, -0.25) is 9.69 Å². The molecule has 0 aliphatic carbocycles. The summed E-state index contributed by atoms with van der Waals surface area (Å²) in [4.78, 5) is 14.1. The van der Waals surface area contributed by atoms with Gasteiger partial charge in [0.05, 0.1) is 17.7 Å². The average molecular weight is 301 g/mol. The predicted molar refractivity (Wildman–Crippen MR) is 83.1 cm³/mol. The van der Waals surface area contributed by atoms with Crippen molar-refractivity contribution in [2.75, 3.05) is 33.9 Å². The van der Waals surface area contributed by atoms with Crippen LogP contribution in [0.2, 0.25) is 0 Å². The Bertz CT molecular complexity index is 328. The van der Waals surface area contributed by atoms with Gasteiger partial charge in [0, 0.05) is 33.4 Å². The molecule has 1 heterocycles. The van der Waals surface area contributed by atoms with Crippen molar-refractivity contribution in [2.24, 2.45) is 5.73 Å². The summed E-state index contributed by atoms with van der Waals surface area (Å²) in [7, 11) is 3.42. The van der Waals surface area contributed by atoms with E-state index in [9.17, 15) is 4.79 Å². The van der Waals surface area contributed by atoms with Crippen molar-refractivity contribution >= 4 is 5.91 Å². The quantitative estimate of drug-likeness (QED) is 0.643. The lowest BCUT2D eigenvalue weighted by Crippen LogP contribution is -2.56. The van der Waals surface area contributed by atoms with Gasteiger partial charge in [0.25, 0.3) is 0 Å². The van der Waals surface area contributed by atoms with E-state index in [1.807, 2.05) is 6.92 Å². The number of rotatable bonds is 9. The first-order chi connectivity index (χ1) is 9.87. The zero-order valence-electron chi connectivity index (χ0n) is 14.0. The molecule has 124 valence electrons. The number of nitrogens with one attached hydrogen (secondary N) is 1. The van der Waals surface area contributed by atoms with Crippen LogP contribution >= 0.6 is 0 Å². The highest BCUT2D eigenvalue weighted by Gasteiger charge is 2.39. The van der Waals surface area contributed by atoms with Gasteiger partial charge in [0.15, 0.2) is 0 Å². The Labute approximate surface area is 128 Å². The molecule has 4 unspecified atom stereocenters. The number of methoxy groups -OCH3 is 2. The van der Waals surface area contributed by atoms with Crippen molar-refractivity contribution in [1.82, 2.24) is 10.2 Å². The molecule has 6 nitrogen and oxygen atoms in total. The second-order valence-corrected chi connectivity index (χ2v) is 6.18. The Kier molecular flexibility index (Phi) is 7.06. The molecule has 0 spiro atoms. The first kappa shape index (κ1) is 18.4. The van der Waals surface area contributed by atoms with Crippen molar-refractivity contribution in [3.8, 4) is 0 Å². The van der Waals surface area contributed by atoms with Gasteiger partial charge in [-0.05, 0) is 33.2 Å². The summed E-state index contributed by atoms with van der Waals surface area (Å²) < 4.78 is 10.9. The Morgan fingerprint density at radius 3 is 2.29 bits per heavy atom. The maximum Gasteiger partial charge on any atom is 0.237 e. The molecule has 3 N–H and O–H groups in total. The topological polar surface area (TPSA) is 76.8 Å². The molecule has 0 aromatic carbocycles. The minimum absolute atomic E-state index is 0.0842. The number of carbonyl (C=O) groups excluding carboxylic acids is 1. The third-order valence-electron chi connectivity index (χ3n) is 4.49. The van der Waals surface area contributed by atoms with Crippen LogP contribution in [0.15, 0.2) is 0 Å². The number of nitrogens with zero attached hydrogens (tertiary/aromatic N) is 1. The first-order valence-corrected chi connectivity index (χ1v) is 7.72. The molecule has 0 radical (unpaired) electrons. The van der Waals surface area contributed by atoms with E-state index in [-0.39, 0.29) is 24.2 Å². The van der Waals surface area contributed by atoms with Crippen LogP contribution in [0.25, 0.3) is 0 Å². The van der Waals surface area contributed by atoms with E-state index in [4.69, 9.17) is 15.2 Å². The maximum absolute atomic E-state index is 11.8. The van der Waals surface area contributed by atoms with Gasteiger partial charge < -0.3 is 20.5 Å². The van der Waals surface area contributed by atoms with Crippen LogP contribution < -0.4 is 11.1 Å². The number of likely N-dealkylation sites (tertiary alicyclic amines) is 1. The zero-order valence-corrected chi connectivity index (χ0v) is 14.0. The number of primary amides is 1. The Balaban J connectivity index is 2.66. The normalized spacial score (nSPS) is 27.5. The van der Waals surface area contributed by atoms with Crippen LogP contribution in [0.5, 0.6) is 0 Å². The minimum Gasteiger partial charge on any atom is -0.377 e. The van der Waals surface area contributed by atoms with Crippen LogP contribution in [0.4, 0.5) is 0 Å². The third-order valence-corrected chi connectivity index (χ3v) is 4.49. The second-order valence-electron chi connectivity index (χ2n) is 6.18. The molecule has 4 atom stereocenters. The molecule has 0 aromatic rings. The van der Waals surface area contributed by atoms with E-state index < -0.39 is 5.54 Å². The van der Waals surface area contributed by atoms with Crippen molar-refractivity contribution in [2.45, 2.75) is 57.4 Å². The largest absolute Gasteiger partial charge is 0.377 e. The zero-order chi connectivity index (χ0) is 16.0. The lowest BCUT2D eigenvalue weighted by atomic mass is 9.92. The van der Waals surface area contributed by atoms with E-state index in [1.165, 1.54) is 0 Å². The van der Waals surface area contributed by atoms with E-state index in [2.05, 4.69) is 24.1 Å². The SMILES string of the molecule is CCCNC(C)(CC(C)N1CC(OC)C(OC)C1)C(N)=O. The predicted octanol–water partition coefficient (Wildman–Crippen LogP) is 0.354. The highest BCUT2D eigenvalue weighted by atomic mass is 16.5. The van der Waals surface area contributed by atoms with Crippen LogP contribution in [-0.2, 0) is 14.3 Å². The van der Waals surface area contributed by atoms with E-state index in [1.54, 1.807) is 14.2 Å². The lowest BCUT2D eigenvalue weighted by molar-refractivity contribution is -0.124. The molecule has 0 saturated carbocycles. The number of hydrogen-bond donors (Lipinski definition) is 2. The fraction of sp³-hybridized carbons (Fsp3) is 0.933. The second kappa shape index (κ2) is 8.08. The van der Waals surface area contributed by atoms with Gasteiger partial charge in [-0.2, -0.15) is 0 Å². The number of amides is 1. The summed E-state index contributed by atoms with van der Waals surface area (Å²) >= 11 is 0. The summed E-state index contributed by atoms with van der Waals surface area (Å²) in [6.45, 7) is 8.51. The molecule has 1 amide bonds. The van der Waals surface area contributed by atoms with Crippen molar-refractivity contribution < 1.29 is 14.3 Å². The van der Waals surface area contributed by atoms with Crippen molar-refractivity contribution in [3.63, 3.8) is 0 Å². The molecular weight excluding hydrogens is 270 g/mol. The number of ether oxygens (including phenoxy) is 2. The summed E-state index contributed by atoms with van der Waals surface area (Å²) in [6, 6.07) is 0.227. The minimum atomic E-state index is -0.677. The monoisotopic (exact) mass is 301 g/mol. The fourth-order valence-electron chi connectivity index (χ4n) is 2.97. The summed E-state index contributed by atoms with van der Waals surface area (Å²) in [5.41, 5.74) is 4.92. The van der Waals surface area contributed by atoms with Crippen LogP contribution in [0.1, 0.15) is 33.6 Å². The van der Waals surface area contributed by atoms with Gasteiger partial charge in [-0.1, -0.05) is 6.92 Å². The van der Waals surface area contributed by atoms with Crippen LogP contribution in [0.3, 0.4) is 0 Å². The van der Waals surface area contributed by atoms with Gasteiger partial charge in [0.2, 0.25) is 5.91 Å². The molecule has 1 aliphatic rings. The van der Waals surface area contributed by atoms with E-state index in [0.29, 0.717) is 6.42 Å². The summed E-state index contributed by atoms with van der Waals surface area (Å²) in [6.07, 6.45) is 1.81. The van der Waals surface area contributed by atoms with Gasteiger partial charge in [-0.15, -0.1) is 0 Å². The first-order valence-electron chi connectivity index (χ1n) is 7.72. The molecular formula is C15H31N3O3. The third kappa shape index (κ3) is 4.64. The van der Waals surface area contributed by atoms with Gasteiger partial charge in [-0.25, -0.2) is 0 Å². The Morgan fingerprint density at radius 1 is 1.38 bits per heavy atom. The molecule has 21 heavy (non-hydrogen) atoms. The number of nitrogens with two attached hydrogens (primary N) is 1. The molecule has 1 rings (SSSR count). The summed E-state index contributed by atoms with van der Waals surface area (Å²) in [5.74, 6) is -0.298. The van der Waals surface area contributed by atoms with E-state index >= 15 is 0 Å². The highest BCUT2D eigenvalue weighted by Crippen LogP contribution is 2.23. The number of carbonyl (C=O) groups is 1. The Hall–Kier alpha value is -0.690. The molecule has 1 saturated heterocycles. The van der Waals surface area contributed by atoms with Gasteiger partial charge in [0.1, 0.15) is 0 Å². The smallest absolute Gasteiger partial charge is 0.237 e. The molecule has 6 heteroatoms. The van der Waals surface area contributed by atoms with Crippen LogP contribution in [0, 0.1) is 0 Å². The molecule has 1 fully saturated rings. The maximum atomic E-state index is 11.8. The van der Waals surface area contributed by atoms with E-state index in [0.717, 1.165) is 26.1 Å². The van der Waals surface area contributed by atoms with Gasteiger partial charge >= 0.3 is 0 Å². The van der Waals surface area contributed by atoms with Crippen LogP contribution in [-0.4, -0.2) is 68.4 Å². The Morgan fingerprint density at radius 2 is 1.90 bits per heavy atom. The molecule has 0 bridgehead atoms. The molecule has 0 aromatic heterocycles. The van der Waals surface area contributed by atoms with Crippen molar-refractivity contribution in [1.29, 1.82) is 0 Å². The van der Waals surface area contributed by atoms with Crippen molar-refractivity contribution in [3.05, 3.63) is 0 Å². The average Bonchev–Trinajstić information content (AvgIpc) is 2.88. The fourth-order valence-corrected chi connectivity index (χ4v) is 2.97. The standard InChI is InChI=1S/C15H31N3O3/c1-6-7-17-15(3,14(16)19)8-11(2)18-9-12(20-4)13(10-18)21-5/h11-13,17H,6-10H2,1-5H3,(H2,16,19). The highest BCUT2D eigenvalue weighted by molar-refractivity contribution is 5.84. The lowest BCUT2D eigenvalue weighted by Gasteiger charge is -2.34. The molecule has 1 aliphatic heterocycles. The summed E-state index contributed by atoms with van der Waals surface area (Å²) in [5, 5.41) is 3.29. The number of hydrogen-bond acceptors (Lipinski definition) is 5.